The summed E-state index contributed by atoms with van der Waals surface area (Å²) in [5, 5.41) is 12.4. The number of anilines is 1. The third-order valence-corrected chi connectivity index (χ3v) is 4.11. The second-order valence-electron chi connectivity index (χ2n) is 6.25. The van der Waals surface area contributed by atoms with Crippen molar-refractivity contribution in [2.75, 3.05) is 11.9 Å². The van der Waals surface area contributed by atoms with E-state index in [0.29, 0.717) is 6.54 Å². The molecule has 2 N–H and O–H groups in total. The van der Waals surface area contributed by atoms with Crippen LogP contribution >= 0.6 is 0 Å². The van der Waals surface area contributed by atoms with Crippen molar-refractivity contribution in [2.45, 2.75) is 20.3 Å². The number of nitrogens with one attached hydrogen (secondary N) is 1. The molecule has 0 fully saturated rings. The number of aliphatic carboxylic acids is 1. The van der Waals surface area contributed by atoms with Crippen molar-refractivity contribution in [3.05, 3.63) is 53.6 Å². The van der Waals surface area contributed by atoms with Gasteiger partial charge in [-0.1, -0.05) is 30.3 Å². The molecule has 0 spiro atoms. The number of hydrogen-bond donors (Lipinski definition) is 2. The van der Waals surface area contributed by atoms with Crippen LogP contribution in [0.1, 0.15) is 25.0 Å². The lowest BCUT2D eigenvalue weighted by Crippen LogP contribution is -2.31. The zero-order valence-corrected chi connectivity index (χ0v) is 12.3. The van der Waals surface area contributed by atoms with Gasteiger partial charge < -0.3 is 10.4 Å². The fourth-order valence-corrected chi connectivity index (χ4v) is 2.65. The molecule has 0 amide bonds. The van der Waals surface area contributed by atoms with Gasteiger partial charge in [0, 0.05) is 12.2 Å². The zero-order valence-electron chi connectivity index (χ0n) is 12.3. The zero-order chi connectivity index (χ0) is 15.0. The highest BCUT2D eigenvalue weighted by Gasteiger charge is 2.27. The Morgan fingerprint density at radius 3 is 2.62 bits per heavy atom. The lowest BCUT2D eigenvalue weighted by atomic mass is 9.93. The predicted octanol–water partition coefficient (Wildman–Crippen LogP) is 3.78. The summed E-state index contributed by atoms with van der Waals surface area (Å²) in [5.41, 5.74) is 5.46. The molecule has 0 saturated heterocycles. The number of rotatable bonds is 4. The van der Waals surface area contributed by atoms with Crippen molar-refractivity contribution in [3.8, 4) is 11.1 Å². The van der Waals surface area contributed by atoms with Crippen LogP contribution in [0.3, 0.4) is 0 Å². The van der Waals surface area contributed by atoms with E-state index < -0.39 is 11.4 Å². The van der Waals surface area contributed by atoms with Gasteiger partial charge in [0.25, 0.3) is 0 Å². The largest absolute Gasteiger partial charge is 0.481 e. The smallest absolute Gasteiger partial charge is 0.310 e. The molecule has 0 radical (unpaired) electrons. The van der Waals surface area contributed by atoms with Crippen LogP contribution < -0.4 is 5.32 Å². The van der Waals surface area contributed by atoms with Crippen molar-refractivity contribution in [2.24, 2.45) is 5.41 Å². The topological polar surface area (TPSA) is 49.3 Å². The fraction of sp³-hybridized carbons (Fsp3) is 0.278. The molecule has 0 saturated carbocycles. The maximum Gasteiger partial charge on any atom is 0.310 e. The maximum atomic E-state index is 11.1. The van der Waals surface area contributed by atoms with Crippen LogP contribution in [-0.2, 0) is 11.2 Å². The van der Waals surface area contributed by atoms with Gasteiger partial charge in [-0.3, -0.25) is 4.79 Å². The van der Waals surface area contributed by atoms with E-state index in [1.54, 1.807) is 13.8 Å². The van der Waals surface area contributed by atoms with Crippen LogP contribution in [-0.4, -0.2) is 17.6 Å². The lowest BCUT2D eigenvalue weighted by molar-refractivity contribution is -0.146. The van der Waals surface area contributed by atoms with Crippen LogP contribution in [0, 0.1) is 5.41 Å². The van der Waals surface area contributed by atoms with Gasteiger partial charge >= 0.3 is 5.97 Å². The van der Waals surface area contributed by atoms with Gasteiger partial charge in [0.05, 0.1) is 5.41 Å². The first-order valence-electron chi connectivity index (χ1n) is 7.16. The van der Waals surface area contributed by atoms with Crippen LogP contribution in [0.4, 0.5) is 5.69 Å². The Labute approximate surface area is 124 Å². The minimum Gasteiger partial charge on any atom is -0.481 e. The average Bonchev–Trinajstić information content (AvgIpc) is 2.82. The molecule has 0 heterocycles. The second kappa shape index (κ2) is 4.92. The van der Waals surface area contributed by atoms with E-state index in [-0.39, 0.29) is 0 Å². The summed E-state index contributed by atoms with van der Waals surface area (Å²) in [6, 6.07) is 14.7. The maximum absolute atomic E-state index is 11.1. The Hall–Kier alpha value is -2.29. The van der Waals surface area contributed by atoms with Gasteiger partial charge in [-0.15, -0.1) is 0 Å². The molecule has 0 aromatic heterocycles. The normalized spacial score (nSPS) is 12.7. The number of hydrogen-bond acceptors (Lipinski definition) is 2. The molecule has 1 aliphatic rings. The molecule has 0 atom stereocenters. The summed E-state index contributed by atoms with van der Waals surface area (Å²) in [4.78, 5) is 11.1. The van der Waals surface area contributed by atoms with Crippen molar-refractivity contribution in [3.63, 3.8) is 0 Å². The first-order chi connectivity index (χ1) is 9.97. The third kappa shape index (κ3) is 2.51. The summed E-state index contributed by atoms with van der Waals surface area (Å²) >= 11 is 0. The summed E-state index contributed by atoms with van der Waals surface area (Å²) in [6.07, 6.45) is 0.948. The molecule has 0 bridgehead atoms. The fourth-order valence-electron chi connectivity index (χ4n) is 2.65. The molecular weight excluding hydrogens is 262 g/mol. The van der Waals surface area contributed by atoms with E-state index in [2.05, 4.69) is 41.7 Å². The molecule has 2 aromatic carbocycles. The number of carboxylic acids is 1. The predicted molar refractivity (Wildman–Crippen MR) is 84.6 cm³/mol. The lowest BCUT2D eigenvalue weighted by Gasteiger charge is -2.20. The molecule has 108 valence electrons. The van der Waals surface area contributed by atoms with Crippen molar-refractivity contribution >= 4 is 11.7 Å². The van der Waals surface area contributed by atoms with Crippen molar-refractivity contribution < 1.29 is 9.90 Å². The van der Waals surface area contributed by atoms with Crippen LogP contribution in [0.2, 0.25) is 0 Å². The highest BCUT2D eigenvalue weighted by Crippen LogP contribution is 2.37. The van der Waals surface area contributed by atoms with E-state index in [4.69, 9.17) is 5.11 Å². The average molecular weight is 281 g/mol. The SMILES string of the molecule is CC(C)(CNc1ccc2c(c1)Cc1ccccc1-2)C(=O)O. The van der Waals surface area contributed by atoms with E-state index in [1.165, 1.54) is 22.3 Å². The van der Waals surface area contributed by atoms with Crippen molar-refractivity contribution in [1.29, 1.82) is 0 Å². The van der Waals surface area contributed by atoms with E-state index in [9.17, 15) is 4.79 Å². The standard InChI is InChI=1S/C18H19NO2/c1-18(2,17(20)21)11-19-14-7-8-16-13(10-14)9-12-5-3-4-6-15(12)16/h3-8,10,19H,9,11H2,1-2H3,(H,20,21). The van der Waals surface area contributed by atoms with Gasteiger partial charge in [-0.05, 0) is 54.7 Å². The Morgan fingerprint density at radius 1 is 1.14 bits per heavy atom. The first-order valence-corrected chi connectivity index (χ1v) is 7.16. The monoisotopic (exact) mass is 281 g/mol. The van der Waals surface area contributed by atoms with Crippen molar-refractivity contribution in [1.82, 2.24) is 0 Å². The quantitative estimate of drug-likeness (QED) is 0.765. The molecule has 3 rings (SSSR count). The van der Waals surface area contributed by atoms with Gasteiger partial charge in [0.1, 0.15) is 0 Å². The molecule has 2 aromatic rings. The highest BCUT2D eigenvalue weighted by molar-refractivity contribution is 5.79. The van der Waals surface area contributed by atoms with Gasteiger partial charge in [0.15, 0.2) is 0 Å². The molecule has 1 aliphatic carbocycles. The Bertz CT molecular complexity index is 704. The van der Waals surface area contributed by atoms with Crippen LogP contribution in [0.15, 0.2) is 42.5 Å². The first kappa shape index (κ1) is 13.7. The Morgan fingerprint density at radius 2 is 1.86 bits per heavy atom. The molecule has 0 unspecified atom stereocenters. The number of fused-ring (bicyclic) bond motifs is 3. The van der Waals surface area contributed by atoms with Gasteiger partial charge in [-0.25, -0.2) is 0 Å². The third-order valence-electron chi connectivity index (χ3n) is 4.11. The second-order valence-corrected chi connectivity index (χ2v) is 6.25. The summed E-state index contributed by atoms with van der Waals surface area (Å²) in [7, 11) is 0. The number of benzene rings is 2. The Kier molecular flexibility index (Phi) is 3.20. The van der Waals surface area contributed by atoms with Crippen LogP contribution in [0.5, 0.6) is 0 Å². The van der Waals surface area contributed by atoms with E-state index >= 15 is 0 Å². The number of carbonyl (C=O) groups is 1. The van der Waals surface area contributed by atoms with E-state index in [1.807, 2.05) is 6.07 Å². The van der Waals surface area contributed by atoms with Gasteiger partial charge in [0.2, 0.25) is 0 Å². The molecule has 3 nitrogen and oxygen atoms in total. The van der Waals surface area contributed by atoms with Crippen LogP contribution in [0.25, 0.3) is 11.1 Å². The summed E-state index contributed by atoms with van der Waals surface area (Å²) in [5.74, 6) is -0.788. The minimum atomic E-state index is -0.788. The molecule has 3 heteroatoms. The van der Waals surface area contributed by atoms with E-state index in [0.717, 1.165) is 12.1 Å². The van der Waals surface area contributed by atoms with Gasteiger partial charge in [-0.2, -0.15) is 0 Å². The molecule has 21 heavy (non-hydrogen) atoms. The molecular formula is C18H19NO2. The summed E-state index contributed by atoms with van der Waals surface area (Å²) in [6.45, 7) is 3.87. The number of carboxylic acid groups (broad SMARTS) is 1. The Balaban J connectivity index is 1.80. The molecule has 0 aliphatic heterocycles. The minimum absolute atomic E-state index is 0.411. The highest BCUT2D eigenvalue weighted by atomic mass is 16.4. The summed E-state index contributed by atoms with van der Waals surface area (Å²) < 4.78 is 0.